The molecule has 2 N–H and O–H groups in total. The van der Waals surface area contributed by atoms with Gasteiger partial charge >= 0.3 is 6.03 Å². The van der Waals surface area contributed by atoms with Crippen molar-refractivity contribution in [2.24, 2.45) is 5.92 Å². The maximum Gasteiger partial charge on any atom is 0.315 e. The average Bonchev–Trinajstić information content (AvgIpc) is 2.37. The Labute approximate surface area is 107 Å². The summed E-state index contributed by atoms with van der Waals surface area (Å²) in [4.78, 5) is 19.6. The Hall–Kier alpha value is -2.09. The first-order valence-corrected chi connectivity index (χ1v) is 5.89. The first kappa shape index (κ1) is 14.0. The lowest BCUT2D eigenvalue weighted by Crippen LogP contribution is -2.44. The van der Waals surface area contributed by atoms with E-state index < -0.39 is 0 Å². The number of urea groups is 1. The Balaban J connectivity index is 2.28. The van der Waals surface area contributed by atoms with Crippen LogP contribution in [0.3, 0.4) is 0 Å². The van der Waals surface area contributed by atoms with E-state index in [0.29, 0.717) is 13.0 Å². The molecule has 1 heterocycles. The van der Waals surface area contributed by atoms with Gasteiger partial charge in [-0.1, -0.05) is 19.8 Å². The van der Waals surface area contributed by atoms with Crippen LogP contribution in [0.2, 0.25) is 0 Å². The van der Waals surface area contributed by atoms with E-state index in [4.69, 9.17) is 6.42 Å². The van der Waals surface area contributed by atoms with Crippen molar-refractivity contribution >= 4 is 6.03 Å². The maximum absolute atomic E-state index is 11.6. The van der Waals surface area contributed by atoms with E-state index in [9.17, 15) is 4.79 Å². The molecule has 0 saturated carbocycles. The molecule has 2 amide bonds. The summed E-state index contributed by atoms with van der Waals surface area (Å²) >= 11 is 0. The summed E-state index contributed by atoms with van der Waals surface area (Å²) in [5.41, 5.74) is 0.843. The molecule has 0 spiro atoms. The van der Waals surface area contributed by atoms with Gasteiger partial charge in [-0.25, -0.2) is 4.79 Å². The van der Waals surface area contributed by atoms with Crippen LogP contribution in [0.5, 0.6) is 0 Å². The Kier molecular flexibility index (Phi) is 5.65. The summed E-state index contributed by atoms with van der Waals surface area (Å²) < 4.78 is 0. The monoisotopic (exact) mass is 246 g/mol. The van der Waals surface area contributed by atoms with Crippen LogP contribution in [0.25, 0.3) is 0 Å². The molecule has 5 heteroatoms. The minimum absolute atomic E-state index is 0.209. The maximum atomic E-state index is 11.6. The van der Waals surface area contributed by atoms with Crippen LogP contribution in [-0.2, 0) is 6.42 Å². The second-order valence-electron chi connectivity index (χ2n) is 4.24. The number of carbonyl (C=O) groups is 1. The van der Waals surface area contributed by atoms with Crippen molar-refractivity contribution in [1.29, 1.82) is 0 Å². The van der Waals surface area contributed by atoms with Crippen molar-refractivity contribution < 1.29 is 4.79 Å². The molecule has 0 fully saturated rings. The van der Waals surface area contributed by atoms with Gasteiger partial charge in [0.2, 0.25) is 0 Å². The van der Waals surface area contributed by atoms with Gasteiger partial charge in [-0.05, 0) is 5.92 Å². The van der Waals surface area contributed by atoms with Crippen molar-refractivity contribution in [1.82, 2.24) is 20.6 Å². The third-order valence-corrected chi connectivity index (χ3v) is 2.42. The molecular weight excluding hydrogens is 228 g/mol. The minimum Gasteiger partial charge on any atom is -0.338 e. The van der Waals surface area contributed by atoms with Crippen LogP contribution < -0.4 is 10.6 Å². The zero-order valence-electron chi connectivity index (χ0n) is 10.7. The quantitative estimate of drug-likeness (QED) is 0.761. The summed E-state index contributed by atoms with van der Waals surface area (Å²) in [5.74, 6) is 2.76. The second kappa shape index (κ2) is 7.28. The van der Waals surface area contributed by atoms with Gasteiger partial charge in [-0.15, -0.1) is 6.42 Å². The van der Waals surface area contributed by atoms with Crippen LogP contribution >= 0.6 is 0 Å². The Bertz CT molecular complexity index is 411. The van der Waals surface area contributed by atoms with Crippen molar-refractivity contribution in [3.63, 3.8) is 0 Å². The number of hydrogen-bond donors (Lipinski definition) is 2. The van der Waals surface area contributed by atoms with Gasteiger partial charge in [-0.2, -0.15) is 0 Å². The predicted octanol–water partition coefficient (Wildman–Crippen LogP) is 0.976. The number of carbonyl (C=O) groups excluding carboxylic acids is 1. The van der Waals surface area contributed by atoms with Gasteiger partial charge in [0.05, 0.1) is 11.7 Å². The molecule has 1 atom stereocenters. The van der Waals surface area contributed by atoms with E-state index in [0.717, 1.165) is 5.69 Å². The van der Waals surface area contributed by atoms with Crippen LogP contribution in [-0.4, -0.2) is 28.6 Å². The minimum atomic E-state index is -0.254. The molecule has 0 radical (unpaired) electrons. The Morgan fingerprint density at radius 2 is 2.28 bits per heavy atom. The lowest BCUT2D eigenvalue weighted by molar-refractivity contribution is 0.237. The van der Waals surface area contributed by atoms with Crippen LogP contribution in [0.15, 0.2) is 18.6 Å². The summed E-state index contributed by atoms with van der Waals surface area (Å²) in [6, 6.07) is -0.503. The molecule has 1 aromatic rings. The van der Waals surface area contributed by atoms with E-state index in [2.05, 4.69) is 26.5 Å². The molecule has 0 aliphatic carbocycles. The van der Waals surface area contributed by atoms with E-state index in [1.165, 1.54) is 0 Å². The van der Waals surface area contributed by atoms with Gasteiger partial charge < -0.3 is 10.6 Å². The Morgan fingerprint density at radius 1 is 1.50 bits per heavy atom. The number of aromatic nitrogens is 2. The van der Waals surface area contributed by atoms with Crippen molar-refractivity contribution in [3.05, 3.63) is 24.3 Å². The SMILES string of the molecule is C#C[C@H](NC(=O)NCCc1cnccn1)C(C)C. The largest absolute Gasteiger partial charge is 0.338 e. The number of rotatable bonds is 5. The van der Waals surface area contributed by atoms with Crippen LogP contribution in [0.4, 0.5) is 4.79 Å². The molecule has 0 aliphatic rings. The third-order valence-electron chi connectivity index (χ3n) is 2.42. The fraction of sp³-hybridized carbons (Fsp3) is 0.462. The normalized spacial score (nSPS) is 11.7. The lowest BCUT2D eigenvalue weighted by atomic mass is 10.1. The van der Waals surface area contributed by atoms with Crippen LogP contribution in [0.1, 0.15) is 19.5 Å². The average molecular weight is 246 g/mol. The van der Waals surface area contributed by atoms with Gasteiger partial charge in [0.1, 0.15) is 0 Å². The fourth-order valence-corrected chi connectivity index (χ4v) is 1.36. The number of amides is 2. The van der Waals surface area contributed by atoms with Crippen molar-refractivity contribution in [3.8, 4) is 12.3 Å². The number of hydrogen-bond acceptors (Lipinski definition) is 3. The first-order chi connectivity index (χ1) is 8.63. The lowest BCUT2D eigenvalue weighted by Gasteiger charge is -2.16. The van der Waals surface area contributed by atoms with E-state index in [1.807, 2.05) is 13.8 Å². The molecule has 0 bridgehead atoms. The standard InChI is InChI=1S/C13H18N4O/c1-4-12(10(2)3)17-13(18)16-6-5-11-9-14-7-8-15-11/h1,7-10,12H,5-6H2,2-3H3,(H2,16,17,18)/t12-/m0/s1. The molecule has 18 heavy (non-hydrogen) atoms. The first-order valence-electron chi connectivity index (χ1n) is 5.89. The number of nitrogens with zero attached hydrogens (tertiary/aromatic N) is 2. The number of terminal acetylenes is 1. The highest BCUT2D eigenvalue weighted by Crippen LogP contribution is 1.99. The third kappa shape index (κ3) is 4.83. The van der Waals surface area contributed by atoms with Gasteiger partial charge in [0.25, 0.3) is 0 Å². The van der Waals surface area contributed by atoms with Crippen molar-refractivity contribution in [2.75, 3.05) is 6.54 Å². The molecule has 0 aromatic carbocycles. The molecule has 0 aliphatic heterocycles. The zero-order chi connectivity index (χ0) is 13.4. The molecule has 1 aromatic heterocycles. The summed E-state index contributed by atoms with van der Waals surface area (Å²) in [6.07, 6.45) is 10.9. The topological polar surface area (TPSA) is 66.9 Å². The highest BCUT2D eigenvalue weighted by molar-refractivity contribution is 5.74. The molecule has 5 nitrogen and oxygen atoms in total. The Morgan fingerprint density at radius 3 is 2.83 bits per heavy atom. The zero-order valence-corrected chi connectivity index (χ0v) is 10.7. The molecule has 96 valence electrons. The van der Waals surface area contributed by atoms with Crippen LogP contribution in [0, 0.1) is 18.3 Å². The fourth-order valence-electron chi connectivity index (χ4n) is 1.36. The van der Waals surface area contributed by atoms with Gasteiger partial charge in [-0.3, -0.25) is 9.97 Å². The van der Waals surface area contributed by atoms with Crippen molar-refractivity contribution in [2.45, 2.75) is 26.3 Å². The highest BCUT2D eigenvalue weighted by Gasteiger charge is 2.12. The predicted molar refractivity (Wildman–Crippen MR) is 69.7 cm³/mol. The molecular formula is C13H18N4O. The smallest absolute Gasteiger partial charge is 0.315 e. The van der Waals surface area contributed by atoms with Gasteiger partial charge in [0.15, 0.2) is 0 Å². The number of nitrogens with one attached hydrogen (secondary N) is 2. The highest BCUT2D eigenvalue weighted by atomic mass is 16.2. The molecule has 1 rings (SSSR count). The second-order valence-corrected chi connectivity index (χ2v) is 4.24. The molecule has 0 unspecified atom stereocenters. The summed E-state index contributed by atoms with van der Waals surface area (Å²) in [7, 11) is 0. The van der Waals surface area contributed by atoms with E-state index in [-0.39, 0.29) is 18.0 Å². The van der Waals surface area contributed by atoms with E-state index >= 15 is 0 Å². The summed E-state index contributed by atoms with van der Waals surface area (Å²) in [6.45, 7) is 4.43. The summed E-state index contributed by atoms with van der Waals surface area (Å²) in [5, 5.41) is 5.47. The van der Waals surface area contributed by atoms with E-state index in [1.54, 1.807) is 18.6 Å². The van der Waals surface area contributed by atoms with Gasteiger partial charge in [0, 0.05) is 31.6 Å². The molecule has 0 saturated heterocycles.